The van der Waals surface area contributed by atoms with Crippen molar-refractivity contribution in [2.75, 3.05) is 0 Å². The SMILES string of the molecule is CCc1cc(Cc2nccn3c(-c4cn(C)nc4C(F)(F)F)cnc23)ccc1C(=O)CCCCC(=O)[C@H]1CC[C@H](C)C1. The van der Waals surface area contributed by atoms with Gasteiger partial charge in [-0.2, -0.15) is 18.3 Å². The molecule has 3 heterocycles. The summed E-state index contributed by atoms with van der Waals surface area (Å²) in [4.78, 5) is 34.4. The number of ketones is 2. The number of hydrogen-bond acceptors (Lipinski definition) is 5. The zero-order valence-electron chi connectivity index (χ0n) is 24.2. The van der Waals surface area contributed by atoms with Crippen LogP contribution in [0, 0.1) is 11.8 Å². The van der Waals surface area contributed by atoms with Crippen molar-refractivity contribution < 1.29 is 22.8 Å². The molecule has 0 spiro atoms. The van der Waals surface area contributed by atoms with Crippen LogP contribution in [0.15, 0.2) is 43.0 Å². The molecule has 0 radical (unpaired) electrons. The van der Waals surface area contributed by atoms with E-state index in [1.165, 1.54) is 19.4 Å². The van der Waals surface area contributed by atoms with Gasteiger partial charge >= 0.3 is 6.18 Å². The summed E-state index contributed by atoms with van der Waals surface area (Å²) in [5.74, 6) is 1.27. The Morgan fingerprint density at radius 2 is 1.88 bits per heavy atom. The Labute approximate surface area is 243 Å². The fraction of sp³-hybridized carbons (Fsp3) is 0.469. The van der Waals surface area contributed by atoms with E-state index in [9.17, 15) is 22.8 Å². The van der Waals surface area contributed by atoms with Crippen molar-refractivity contribution in [3.63, 3.8) is 0 Å². The number of rotatable bonds is 11. The average molecular weight is 580 g/mol. The van der Waals surface area contributed by atoms with Crippen LogP contribution in [0.3, 0.4) is 0 Å². The summed E-state index contributed by atoms with van der Waals surface area (Å²) in [6.07, 6.45) is 7.90. The highest BCUT2D eigenvalue weighted by atomic mass is 19.4. The number of Topliss-reactive ketones (excluding diaryl/α,β-unsaturated/α-hetero) is 2. The molecule has 0 amide bonds. The largest absolute Gasteiger partial charge is 0.435 e. The van der Waals surface area contributed by atoms with Gasteiger partial charge in [-0.1, -0.05) is 32.0 Å². The Morgan fingerprint density at radius 1 is 1.10 bits per heavy atom. The highest BCUT2D eigenvalue weighted by Crippen LogP contribution is 2.36. The molecule has 10 heteroatoms. The van der Waals surface area contributed by atoms with Gasteiger partial charge in [0.1, 0.15) is 5.78 Å². The number of aryl methyl sites for hydroxylation is 2. The van der Waals surface area contributed by atoms with Gasteiger partial charge in [-0.25, -0.2) is 4.98 Å². The van der Waals surface area contributed by atoms with E-state index in [0.717, 1.165) is 41.5 Å². The van der Waals surface area contributed by atoms with Crippen molar-refractivity contribution in [2.45, 2.75) is 77.8 Å². The van der Waals surface area contributed by atoms with Crippen LogP contribution in [0.2, 0.25) is 0 Å². The fourth-order valence-corrected chi connectivity index (χ4v) is 6.12. The van der Waals surface area contributed by atoms with Gasteiger partial charge in [0, 0.05) is 56.4 Å². The van der Waals surface area contributed by atoms with E-state index in [1.54, 1.807) is 16.8 Å². The van der Waals surface area contributed by atoms with Crippen LogP contribution in [-0.2, 0) is 30.9 Å². The lowest BCUT2D eigenvalue weighted by molar-refractivity contribution is -0.141. The minimum Gasteiger partial charge on any atom is -0.299 e. The molecular weight excluding hydrogens is 543 g/mol. The first-order valence-corrected chi connectivity index (χ1v) is 14.6. The van der Waals surface area contributed by atoms with Crippen LogP contribution in [0.4, 0.5) is 13.2 Å². The van der Waals surface area contributed by atoms with Crippen molar-refractivity contribution in [1.82, 2.24) is 24.1 Å². The third-order valence-electron chi connectivity index (χ3n) is 8.32. The number of carbonyl (C=O) groups is 2. The molecule has 0 unspecified atom stereocenters. The number of aromatic nitrogens is 5. The van der Waals surface area contributed by atoms with Gasteiger partial charge in [0.2, 0.25) is 0 Å². The monoisotopic (exact) mass is 579 g/mol. The summed E-state index contributed by atoms with van der Waals surface area (Å²) >= 11 is 0. The summed E-state index contributed by atoms with van der Waals surface area (Å²) in [5.41, 5.74) is 2.91. The molecule has 7 nitrogen and oxygen atoms in total. The van der Waals surface area contributed by atoms with Crippen molar-refractivity contribution in [3.05, 3.63) is 71.1 Å². The number of benzene rings is 1. The Balaban J connectivity index is 1.27. The van der Waals surface area contributed by atoms with E-state index in [1.807, 2.05) is 25.1 Å². The lowest BCUT2D eigenvalue weighted by Crippen LogP contribution is -2.11. The first-order valence-electron chi connectivity index (χ1n) is 14.6. The summed E-state index contributed by atoms with van der Waals surface area (Å²) in [6.45, 7) is 4.20. The second kappa shape index (κ2) is 12.2. The predicted octanol–water partition coefficient (Wildman–Crippen LogP) is 7.05. The quantitative estimate of drug-likeness (QED) is 0.140. The molecule has 1 aliphatic rings. The molecule has 1 saturated carbocycles. The maximum atomic E-state index is 13.6. The average Bonchev–Trinajstić information content (AvgIpc) is 3.69. The van der Waals surface area contributed by atoms with E-state index in [0.29, 0.717) is 60.7 Å². The molecule has 222 valence electrons. The molecule has 1 aromatic carbocycles. The number of carbonyl (C=O) groups excluding carboxylic acids is 2. The molecule has 2 atom stereocenters. The molecule has 0 saturated heterocycles. The maximum Gasteiger partial charge on any atom is 0.435 e. The van der Waals surface area contributed by atoms with E-state index >= 15 is 0 Å². The molecule has 0 aliphatic heterocycles. The Kier molecular flexibility index (Phi) is 8.61. The Hall–Kier alpha value is -3.82. The third kappa shape index (κ3) is 6.32. The molecule has 0 N–H and O–H groups in total. The maximum absolute atomic E-state index is 13.6. The lowest BCUT2D eigenvalue weighted by Gasteiger charge is -2.11. The highest BCUT2D eigenvalue weighted by molar-refractivity contribution is 5.97. The normalized spacial score (nSPS) is 17.3. The van der Waals surface area contributed by atoms with E-state index < -0.39 is 11.9 Å². The molecule has 42 heavy (non-hydrogen) atoms. The third-order valence-corrected chi connectivity index (χ3v) is 8.32. The highest BCUT2D eigenvalue weighted by Gasteiger charge is 2.38. The first-order chi connectivity index (χ1) is 20.0. The smallest absolute Gasteiger partial charge is 0.299 e. The lowest BCUT2D eigenvalue weighted by atomic mass is 9.93. The topological polar surface area (TPSA) is 82.2 Å². The summed E-state index contributed by atoms with van der Waals surface area (Å²) in [7, 11) is 1.45. The predicted molar refractivity (Wildman–Crippen MR) is 153 cm³/mol. The van der Waals surface area contributed by atoms with Gasteiger partial charge in [-0.05, 0) is 55.6 Å². The van der Waals surface area contributed by atoms with E-state index in [4.69, 9.17) is 0 Å². The molecular formula is C32H36F3N5O2. The summed E-state index contributed by atoms with van der Waals surface area (Å²) in [6, 6.07) is 5.74. The molecule has 3 aromatic heterocycles. The van der Waals surface area contributed by atoms with Crippen LogP contribution in [0.1, 0.15) is 91.7 Å². The summed E-state index contributed by atoms with van der Waals surface area (Å²) < 4.78 is 43.6. The Bertz CT molecular complexity index is 1600. The van der Waals surface area contributed by atoms with Gasteiger partial charge < -0.3 is 0 Å². The van der Waals surface area contributed by atoms with Gasteiger partial charge in [-0.3, -0.25) is 23.7 Å². The molecule has 4 aromatic rings. The van der Waals surface area contributed by atoms with Crippen molar-refractivity contribution >= 4 is 17.2 Å². The standard InChI is InChI=1S/C32H36F3N5O2/c1-4-22-16-21(10-12-24(22)29(42)8-6-5-7-28(41)23-11-9-20(2)15-23)17-26-31-37-18-27(40(31)14-13-36-26)25-19-39(3)38-30(25)32(33,34)35/h10,12-14,16,18-20,23H,4-9,11,15,17H2,1-3H3/t20-,23-/m0/s1. The van der Waals surface area contributed by atoms with Crippen LogP contribution >= 0.6 is 0 Å². The van der Waals surface area contributed by atoms with Gasteiger partial charge in [0.15, 0.2) is 17.1 Å². The first kappa shape index (κ1) is 29.7. The fourth-order valence-electron chi connectivity index (χ4n) is 6.12. The number of hydrogen-bond donors (Lipinski definition) is 0. The van der Waals surface area contributed by atoms with Gasteiger partial charge in [0.05, 0.1) is 23.1 Å². The molecule has 1 aliphatic carbocycles. The minimum atomic E-state index is -4.60. The van der Waals surface area contributed by atoms with Gasteiger partial charge in [-0.15, -0.1) is 0 Å². The number of alkyl halides is 3. The molecule has 0 bridgehead atoms. The minimum absolute atomic E-state index is 0.0525. The number of nitrogens with zero attached hydrogens (tertiary/aromatic N) is 5. The molecule has 5 rings (SSSR count). The zero-order valence-corrected chi connectivity index (χ0v) is 24.2. The van der Waals surface area contributed by atoms with E-state index in [-0.39, 0.29) is 23.0 Å². The Morgan fingerprint density at radius 3 is 2.60 bits per heavy atom. The van der Waals surface area contributed by atoms with Crippen molar-refractivity contribution in [2.24, 2.45) is 18.9 Å². The van der Waals surface area contributed by atoms with Gasteiger partial charge in [0.25, 0.3) is 0 Å². The number of imidazole rings is 1. The van der Waals surface area contributed by atoms with Crippen molar-refractivity contribution in [1.29, 1.82) is 0 Å². The van der Waals surface area contributed by atoms with Crippen molar-refractivity contribution in [3.8, 4) is 11.3 Å². The second-order valence-corrected chi connectivity index (χ2v) is 11.5. The molecule has 1 fully saturated rings. The van der Waals surface area contributed by atoms with Crippen LogP contribution in [-0.4, -0.2) is 35.7 Å². The summed E-state index contributed by atoms with van der Waals surface area (Å²) in [5, 5.41) is 3.62. The number of fused-ring (bicyclic) bond motifs is 1. The van der Waals surface area contributed by atoms with Crippen LogP contribution < -0.4 is 0 Å². The zero-order chi connectivity index (χ0) is 30.0. The van der Waals surface area contributed by atoms with Crippen LogP contribution in [0.25, 0.3) is 16.9 Å². The second-order valence-electron chi connectivity index (χ2n) is 11.5. The van der Waals surface area contributed by atoms with E-state index in [2.05, 4.69) is 22.0 Å². The van der Waals surface area contributed by atoms with Crippen LogP contribution in [0.5, 0.6) is 0 Å². The number of unbranched alkanes of at least 4 members (excludes halogenated alkanes) is 1. The number of halogens is 3.